The van der Waals surface area contributed by atoms with Gasteiger partial charge in [-0.15, -0.1) is 0 Å². The highest BCUT2D eigenvalue weighted by molar-refractivity contribution is 5.31. The minimum atomic E-state index is -0.322. The zero-order valence-electron chi connectivity index (χ0n) is 12.0. The molecule has 1 aromatic carbocycles. The molecular formula is C15H24O3. The Hall–Kier alpha value is -1.06. The van der Waals surface area contributed by atoms with Gasteiger partial charge in [0.15, 0.2) is 6.29 Å². The molecule has 0 fully saturated rings. The molecule has 0 amide bonds. The molecule has 0 bridgehead atoms. The Morgan fingerprint density at radius 1 is 1.06 bits per heavy atom. The smallest absolute Gasteiger partial charge is 0.191 e. The molecular weight excluding hydrogens is 228 g/mol. The molecule has 3 nitrogen and oxygen atoms in total. The van der Waals surface area contributed by atoms with E-state index in [1.165, 1.54) is 5.56 Å². The molecule has 0 aromatic heterocycles. The van der Waals surface area contributed by atoms with Crippen LogP contribution in [-0.2, 0) is 14.9 Å². The van der Waals surface area contributed by atoms with Crippen molar-refractivity contribution in [3.63, 3.8) is 0 Å². The van der Waals surface area contributed by atoms with Crippen molar-refractivity contribution in [3.05, 3.63) is 29.8 Å². The molecule has 0 saturated heterocycles. The van der Waals surface area contributed by atoms with E-state index < -0.39 is 0 Å². The molecule has 0 aliphatic carbocycles. The van der Waals surface area contributed by atoms with E-state index >= 15 is 0 Å². The van der Waals surface area contributed by atoms with Gasteiger partial charge in [0.25, 0.3) is 0 Å². The Balaban J connectivity index is 2.61. The summed E-state index contributed by atoms with van der Waals surface area (Å²) in [6.07, 6.45) is 0.791. The fraction of sp³-hybridized carbons (Fsp3) is 0.600. The van der Waals surface area contributed by atoms with E-state index in [2.05, 4.69) is 32.9 Å². The third-order valence-corrected chi connectivity index (χ3v) is 3.43. The maximum absolute atomic E-state index is 5.60. The summed E-state index contributed by atoms with van der Waals surface area (Å²) in [5.74, 6) is 0.838. The summed E-state index contributed by atoms with van der Waals surface area (Å²) in [6.45, 7) is 7.08. The molecule has 3 heteroatoms. The van der Waals surface area contributed by atoms with E-state index in [4.69, 9.17) is 14.2 Å². The van der Waals surface area contributed by atoms with E-state index in [0.717, 1.165) is 12.2 Å². The monoisotopic (exact) mass is 252 g/mol. The lowest BCUT2D eigenvalue weighted by molar-refractivity contribution is -0.121. The van der Waals surface area contributed by atoms with Crippen LogP contribution < -0.4 is 4.74 Å². The molecule has 0 saturated carbocycles. The standard InChI is InChI=1S/C15H24O3/c1-6-15(2,3)12-7-9-13(10-8-12)18-11-14(16-4)17-5/h7-10,14H,6,11H2,1-5H3. The summed E-state index contributed by atoms with van der Waals surface area (Å²) in [6, 6.07) is 8.23. The van der Waals surface area contributed by atoms with Crippen LogP contribution in [0.1, 0.15) is 32.8 Å². The van der Waals surface area contributed by atoms with Crippen LogP contribution in [0.5, 0.6) is 5.75 Å². The molecule has 0 aliphatic rings. The van der Waals surface area contributed by atoms with Crippen LogP contribution in [0.2, 0.25) is 0 Å². The highest BCUT2D eigenvalue weighted by atomic mass is 16.7. The second kappa shape index (κ2) is 6.76. The first-order chi connectivity index (χ1) is 8.53. The third kappa shape index (κ3) is 4.00. The van der Waals surface area contributed by atoms with Crippen LogP contribution in [0.4, 0.5) is 0 Å². The Kier molecular flexibility index (Phi) is 5.63. The van der Waals surface area contributed by atoms with Gasteiger partial charge in [-0.2, -0.15) is 0 Å². The first-order valence-corrected chi connectivity index (χ1v) is 6.32. The minimum absolute atomic E-state index is 0.208. The van der Waals surface area contributed by atoms with Gasteiger partial charge < -0.3 is 14.2 Å². The predicted molar refractivity (Wildman–Crippen MR) is 73.1 cm³/mol. The predicted octanol–water partition coefficient (Wildman–Crippen LogP) is 3.37. The van der Waals surface area contributed by atoms with Crippen molar-refractivity contribution in [1.29, 1.82) is 0 Å². The van der Waals surface area contributed by atoms with Crippen molar-refractivity contribution in [2.75, 3.05) is 20.8 Å². The van der Waals surface area contributed by atoms with E-state index in [1.807, 2.05) is 12.1 Å². The highest BCUT2D eigenvalue weighted by Crippen LogP contribution is 2.28. The first-order valence-electron chi connectivity index (χ1n) is 6.32. The molecule has 0 heterocycles. The Labute approximate surface area is 110 Å². The van der Waals surface area contributed by atoms with Crippen LogP contribution >= 0.6 is 0 Å². The minimum Gasteiger partial charge on any atom is -0.488 e. The molecule has 1 aromatic rings. The molecule has 0 radical (unpaired) electrons. The average molecular weight is 252 g/mol. The largest absolute Gasteiger partial charge is 0.488 e. The van der Waals surface area contributed by atoms with E-state index in [1.54, 1.807) is 14.2 Å². The van der Waals surface area contributed by atoms with Crippen LogP contribution in [-0.4, -0.2) is 27.1 Å². The maximum Gasteiger partial charge on any atom is 0.191 e. The molecule has 0 unspecified atom stereocenters. The number of benzene rings is 1. The van der Waals surface area contributed by atoms with Crippen molar-refractivity contribution < 1.29 is 14.2 Å². The quantitative estimate of drug-likeness (QED) is 0.696. The van der Waals surface area contributed by atoms with Gasteiger partial charge in [-0.3, -0.25) is 0 Å². The molecule has 102 valence electrons. The number of hydrogen-bond donors (Lipinski definition) is 0. The number of methoxy groups -OCH3 is 2. The van der Waals surface area contributed by atoms with Crippen molar-refractivity contribution in [3.8, 4) is 5.75 Å². The molecule has 0 N–H and O–H groups in total. The van der Waals surface area contributed by atoms with E-state index in [-0.39, 0.29) is 11.7 Å². The summed E-state index contributed by atoms with van der Waals surface area (Å²) in [4.78, 5) is 0. The lowest BCUT2D eigenvalue weighted by Gasteiger charge is -2.23. The van der Waals surface area contributed by atoms with Crippen molar-refractivity contribution >= 4 is 0 Å². The number of ether oxygens (including phenoxy) is 3. The third-order valence-electron chi connectivity index (χ3n) is 3.43. The van der Waals surface area contributed by atoms with Crippen LogP contribution in [0.3, 0.4) is 0 Å². The highest BCUT2D eigenvalue weighted by Gasteiger charge is 2.17. The molecule has 0 atom stereocenters. The molecule has 18 heavy (non-hydrogen) atoms. The lowest BCUT2D eigenvalue weighted by Crippen LogP contribution is -2.22. The van der Waals surface area contributed by atoms with Crippen molar-refractivity contribution in [1.82, 2.24) is 0 Å². The topological polar surface area (TPSA) is 27.7 Å². The zero-order chi connectivity index (χ0) is 13.6. The maximum atomic E-state index is 5.60. The number of rotatable bonds is 7. The van der Waals surface area contributed by atoms with Crippen LogP contribution in [0, 0.1) is 0 Å². The van der Waals surface area contributed by atoms with Crippen molar-refractivity contribution in [2.24, 2.45) is 0 Å². The van der Waals surface area contributed by atoms with Gasteiger partial charge in [-0.05, 0) is 29.5 Å². The van der Waals surface area contributed by atoms with Gasteiger partial charge in [0, 0.05) is 14.2 Å². The normalized spacial score (nSPS) is 11.9. The summed E-state index contributed by atoms with van der Waals surface area (Å²) in [7, 11) is 3.20. The Bertz CT molecular complexity index is 339. The lowest BCUT2D eigenvalue weighted by atomic mass is 9.82. The van der Waals surface area contributed by atoms with Crippen LogP contribution in [0.25, 0.3) is 0 Å². The summed E-state index contributed by atoms with van der Waals surface area (Å²) in [5, 5.41) is 0. The zero-order valence-corrected chi connectivity index (χ0v) is 12.0. The molecule has 0 aliphatic heterocycles. The summed E-state index contributed by atoms with van der Waals surface area (Å²) in [5.41, 5.74) is 1.53. The summed E-state index contributed by atoms with van der Waals surface area (Å²) < 4.78 is 15.7. The van der Waals surface area contributed by atoms with Gasteiger partial charge in [-0.25, -0.2) is 0 Å². The van der Waals surface area contributed by atoms with Gasteiger partial charge in [0.2, 0.25) is 0 Å². The number of hydrogen-bond acceptors (Lipinski definition) is 3. The molecule has 0 spiro atoms. The average Bonchev–Trinajstić information content (AvgIpc) is 2.40. The Morgan fingerprint density at radius 2 is 1.61 bits per heavy atom. The second-order valence-corrected chi connectivity index (χ2v) is 4.97. The SMILES string of the molecule is CCC(C)(C)c1ccc(OCC(OC)OC)cc1. The van der Waals surface area contributed by atoms with E-state index in [0.29, 0.717) is 6.61 Å². The van der Waals surface area contributed by atoms with E-state index in [9.17, 15) is 0 Å². The first kappa shape index (κ1) is 15.0. The summed E-state index contributed by atoms with van der Waals surface area (Å²) >= 11 is 0. The fourth-order valence-corrected chi connectivity index (χ4v) is 1.60. The Morgan fingerprint density at radius 3 is 2.06 bits per heavy atom. The van der Waals surface area contributed by atoms with Gasteiger partial charge in [0.1, 0.15) is 12.4 Å². The second-order valence-electron chi connectivity index (χ2n) is 4.97. The van der Waals surface area contributed by atoms with Crippen molar-refractivity contribution in [2.45, 2.75) is 38.9 Å². The van der Waals surface area contributed by atoms with Gasteiger partial charge >= 0.3 is 0 Å². The molecule has 1 rings (SSSR count). The van der Waals surface area contributed by atoms with Crippen LogP contribution in [0.15, 0.2) is 24.3 Å². The van der Waals surface area contributed by atoms with Gasteiger partial charge in [-0.1, -0.05) is 32.9 Å². The van der Waals surface area contributed by atoms with Gasteiger partial charge in [0.05, 0.1) is 0 Å². The fourth-order valence-electron chi connectivity index (χ4n) is 1.60.